The molecule has 0 saturated heterocycles. The van der Waals surface area contributed by atoms with Gasteiger partial charge in [0.15, 0.2) is 6.61 Å². The van der Waals surface area contributed by atoms with Crippen LogP contribution in [0.1, 0.15) is 43.3 Å². The van der Waals surface area contributed by atoms with E-state index in [-0.39, 0.29) is 0 Å². The standard InChI is InChI=1S/C16H16N2O4S2/c17-14(20)13-9-4-1-2-5-10(9)24-15(13)18-12(19)8-22-16(21)11-6-3-7-23-11/h3,6-7H,1-2,4-5,8H2,(H2,17,20)(H,18,19). The fourth-order valence-corrected chi connectivity index (χ4v) is 4.60. The van der Waals surface area contributed by atoms with E-state index >= 15 is 0 Å². The maximum Gasteiger partial charge on any atom is 0.348 e. The van der Waals surface area contributed by atoms with Gasteiger partial charge >= 0.3 is 5.97 Å². The zero-order chi connectivity index (χ0) is 17.1. The summed E-state index contributed by atoms with van der Waals surface area (Å²) >= 11 is 2.63. The number of amides is 2. The summed E-state index contributed by atoms with van der Waals surface area (Å²) in [5.74, 6) is -1.57. The summed E-state index contributed by atoms with van der Waals surface area (Å²) in [5.41, 5.74) is 6.82. The molecule has 0 saturated carbocycles. The van der Waals surface area contributed by atoms with Gasteiger partial charge in [0.2, 0.25) is 0 Å². The summed E-state index contributed by atoms with van der Waals surface area (Å²) in [5, 5.41) is 4.86. The first-order chi connectivity index (χ1) is 11.6. The largest absolute Gasteiger partial charge is 0.451 e. The van der Waals surface area contributed by atoms with Crippen molar-refractivity contribution in [2.45, 2.75) is 25.7 Å². The van der Waals surface area contributed by atoms with Crippen molar-refractivity contribution < 1.29 is 19.1 Å². The molecule has 0 radical (unpaired) electrons. The van der Waals surface area contributed by atoms with Gasteiger partial charge in [0, 0.05) is 4.88 Å². The molecule has 1 aliphatic rings. The summed E-state index contributed by atoms with van der Waals surface area (Å²) in [4.78, 5) is 37.1. The van der Waals surface area contributed by atoms with Crippen LogP contribution in [0.4, 0.5) is 5.00 Å². The van der Waals surface area contributed by atoms with E-state index in [2.05, 4.69) is 5.32 Å². The third-order valence-corrected chi connectivity index (χ3v) is 5.78. The molecule has 8 heteroatoms. The molecule has 3 rings (SSSR count). The fraction of sp³-hybridized carbons (Fsp3) is 0.312. The van der Waals surface area contributed by atoms with Crippen LogP contribution in [0.25, 0.3) is 0 Å². The van der Waals surface area contributed by atoms with Gasteiger partial charge in [-0.25, -0.2) is 4.79 Å². The maximum atomic E-state index is 12.0. The average Bonchev–Trinajstić information content (AvgIpc) is 3.19. The van der Waals surface area contributed by atoms with Gasteiger partial charge in [0.1, 0.15) is 9.88 Å². The minimum Gasteiger partial charge on any atom is -0.451 e. The number of nitrogens with two attached hydrogens (primary N) is 1. The molecule has 2 amide bonds. The van der Waals surface area contributed by atoms with E-state index in [4.69, 9.17) is 10.5 Å². The summed E-state index contributed by atoms with van der Waals surface area (Å²) < 4.78 is 4.97. The first-order valence-electron chi connectivity index (χ1n) is 7.51. The van der Waals surface area contributed by atoms with E-state index in [0.717, 1.165) is 36.1 Å². The molecule has 2 heterocycles. The Hall–Kier alpha value is -2.19. The number of aryl methyl sites for hydroxylation is 1. The fourth-order valence-electron chi connectivity index (χ4n) is 2.67. The molecule has 126 valence electrons. The molecule has 6 nitrogen and oxygen atoms in total. The van der Waals surface area contributed by atoms with Gasteiger partial charge in [-0.1, -0.05) is 6.07 Å². The third kappa shape index (κ3) is 3.49. The SMILES string of the molecule is NC(=O)c1c(NC(=O)COC(=O)c2cccs2)sc2c1CCCC2. The van der Waals surface area contributed by atoms with Crippen LogP contribution in [-0.2, 0) is 22.4 Å². The average molecular weight is 364 g/mol. The number of hydrogen-bond donors (Lipinski definition) is 2. The highest BCUT2D eigenvalue weighted by atomic mass is 32.1. The van der Waals surface area contributed by atoms with Crippen molar-refractivity contribution in [3.63, 3.8) is 0 Å². The van der Waals surface area contributed by atoms with Gasteiger partial charge in [-0.05, 0) is 42.7 Å². The van der Waals surface area contributed by atoms with Crippen molar-refractivity contribution in [1.82, 2.24) is 0 Å². The molecule has 0 atom stereocenters. The van der Waals surface area contributed by atoms with Crippen molar-refractivity contribution in [2.24, 2.45) is 5.73 Å². The van der Waals surface area contributed by atoms with Gasteiger partial charge in [-0.3, -0.25) is 9.59 Å². The van der Waals surface area contributed by atoms with Crippen molar-refractivity contribution in [2.75, 3.05) is 11.9 Å². The van der Waals surface area contributed by atoms with E-state index < -0.39 is 24.4 Å². The van der Waals surface area contributed by atoms with Gasteiger partial charge < -0.3 is 15.8 Å². The van der Waals surface area contributed by atoms with Crippen molar-refractivity contribution >= 4 is 45.5 Å². The van der Waals surface area contributed by atoms with Crippen LogP contribution in [0, 0.1) is 0 Å². The Labute approximate surface area is 146 Å². The number of rotatable bonds is 5. The van der Waals surface area contributed by atoms with Crippen LogP contribution in [0.5, 0.6) is 0 Å². The predicted octanol–water partition coefficient (Wildman–Crippen LogP) is 2.58. The van der Waals surface area contributed by atoms with E-state index in [9.17, 15) is 14.4 Å². The Morgan fingerprint density at radius 2 is 2.04 bits per heavy atom. The molecule has 0 spiro atoms. The Morgan fingerprint density at radius 1 is 1.25 bits per heavy atom. The molecule has 2 aromatic heterocycles. The van der Waals surface area contributed by atoms with Gasteiger partial charge in [0.05, 0.1) is 5.56 Å². The zero-order valence-electron chi connectivity index (χ0n) is 12.8. The number of ether oxygens (including phenoxy) is 1. The number of primary amides is 1. The number of hydrogen-bond acceptors (Lipinski definition) is 6. The van der Waals surface area contributed by atoms with Crippen molar-refractivity contribution in [1.29, 1.82) is 0 Å². The van der Waals surface area contributed by atoms with E-state index in [1.807, 2.05) is 0 Å². The number of anilines is 1. The van der Waals surface area contributed by atoms with Gasteiger partial charge in [-0.15, -0.1) is 22.7 Å². The lowest BCUT2D eigenvalue weighted by Gasteiger charge is -2.11. The lowest BCUT2D eigenvalue weighted by atomic mass is 9.95. The van der Waals surface area contributed by atoms with Crippen LogP contribution in [0.2, 0.25) is 0 Å². The molecular weight excluding hydrogens is 348 g/mol. The Morgan fingerprint density at radius 3 is 2.75 bits per heavy atom. The topological polar surface area (TPSA) is 98.5 Å². The molecule has 0 fully saturated rings. The summed E-state index contributed by atoms with van der Waals surface area (Å²) in [6.45, 7) is -0.405. The lowest BCUT2D eigenvalue weighted by molar-refractivity contribution is -0.119. The first-order valence-corrected chi connectivity index (χ1v) is 9.20. The number of thiophene rings is 2. The molecule has 0 bridgehead atoms. The monoisotopic (exact) mass is 364 g/mol. The highest BCUT2D eigenvalue weighted by Crippen LogP contribution is 2.37. The lowest BCUT2D eigenvalue weighted by Crippen LogP contribution is -2.22. The summed E-state index contributed by atoms with van der Waals surface area (Å²) in [6.07, 6.45) is 3.77. The summed E-state index contributed by atoms with van der Waals surface area (Å²) in [6, 6.07) is 3.36. The van der Waals surface area contributed by atoms with Crippen LogP contribution in [0.15, 0.2) is 17.5 Å². The normalized spacial score (nSPS) is 13.2. The molecule has 0 aliphatic heterocycles. The second-order valence-electron chi connectivity index (χ2n) is 5.38. The van der Waals surface area contributed by atoms with Gasteiger partial charge in [0.25, 0.3) is 11.8 Å². The van der Waals surface area contributed by atoms with Crippen LogP contribution in [0.3, 0.4) is 0 Å². The molecule has 1 aliphatic carbocycles. The minimum absolute atomic E-state index is 0.396. The highest BCUT2D eigenvalue weighted by molar-refractivity contribution is 7.17. The Kier molecular flexibility index (Phi) is 4.96. The highest BCUT2D eigenvalue weighted by Gasteiger charge is 2.25. The van der Waals surface area contributed by atoms with E-state index in [1.165, 1.54) is 22.7 Å². The molecule has 0 aromatic carbocycles. The second-order valence-corrected chi connectivity index (χ2v) is 7.43. The van der Waals surface area contributed by atoms with Crippen LogP contribution >= 0.6 is 22.7 Å². The number of carbonyl (C=O) groups excluding carboxylic acids is 3. The molecule has 2 aromatic rings. The van der Waals surface area contributed by atoms with E-state index in [0.29, 0.717) is 15.4 Å². The van der Waals surface area contributed by atoms with Crippen LogP contribution < -0.4 is 11.1 Å². The Balaban J connectivity index is 1.67. The number of nitrogens with one attached hydrogen (secondary N) is 1. The van der Waals surface area contributed by atoms with Crippen molar-refractivity contribution in [3.05, 3.63) is 38.4 Å². The molecule has 0 unspecified atom stereocenters. The predicted molar refractivity (Wildman–Crippen MR) is 92.7 cm³/mol. The number of carbonyl (C=O) groups is 3. The zero-order valence-corrected chi connectivity index (χ0v) is 14.4. The molecular formula is C16H16N2O4S2. The minimum atomic E-state index is -0.541. The third-order valence-electron chi connectivity index (χ3n) is 3.73. The quantitative estimate of drug-likeness (QED) is 0.797. The second kappa shape index (κ2) is 7.14. The Bertz CT molecular complexity index is 780. The molecule has 24 heavy (non-hydrogen) atoms. The smallest absolute Gasteiger partial charge is 0.348 e. The van der Waals surface area contributed by atoms with Gasteiger partial charge in [-0.2, -0.15) is 0 Å². The number of fused-ring (bicyclic) bond motifs is 1. The van der Waals surface area contributed by atoms with E-state index in [1.54, 1.807) is 17.5 Å². The first kappa shape index (κ1) is 16.7. The maximum absolute atomic E-state index is 12.0. The van der Waals surface area contributed by atoms with Crippen molar-refractivity contribution in [3.8, 4) is 0 Å². The van der Waals surface area contributed by atoms with Crippen LogP contribution in [-0.4, -0.2) is 24.4 Å². The number of esters is 1. The summed E-state index contributed by atoms with van der Waals surface area (Å²) in [7, 11) is 0. The molecule has 3 N–H and O–H groups in total.